The van der Waals surface area contributed by atoms with E-state index in [1.807, 2.05) is 0 Å². The van der Waals surface area contributed by atoms with Gasteiger partial charge in [0.15, 0.2) is 0 Å². The molecule has 0 saturated heterocycles. The Morgan fingerprint density at radius 2 is 2.00 bits per heavy atom. The maximum absolute atomic E-state index is 6.44. The average molecular weight is 265 g/mol. The molecule has 3 nitrogen and oxygen atoms in total. The van der Waals surface area contributed by atoms with Crippen molar-refractivity contribution in [1.82, 2.24) is 9.59 Å². The van der Waals surface area contributed by atoms with Crippen molar-refractivity contribution in [3.8, 4) is 0 Å². The van der Waals surface area contributed by atoms with Crippen molar-refractivity contribution >= 4 is 11.5 Å². The zero-order valence-corrected chi connectivity index (χ0v) is 12.2. The molecule has 0 aromatic carbocycles. The number of rotatable bonds is 3. The molecule has 1 aliphatic rings. The highest BCUT2D eigenvalue weighted by Crippen LogP contribution is 2.32. The second-order valence-electron chi connectivity index (χ2n) is 5.39. The van der Waals surface area contributed by atoms with Crippen molar-refractivity contribution in [1.29, 1.82) is 0 Å². The van der Waals surface area contributed by atoms with Crippen molar-refractivity contribution in [3.63, 3.8) is 0 Å². The Labute approximate surface area is 114 Å². The van der Waals surface area contributed by atoms with Crippen molar-refractivity contribution in [2.75, 3.05) is 0 Å². The monoisotopic (exact) mass is 265 g/mol. The molecule has 0 bridgehead atoms. The third-order valence-corrected chi connectivity index (χ3v) is 4.42. The van der Waals surface area contributed by atoms with E-state index in [0.717, 1.165) is 17.0 Å². The molecule has 18 heavy (non-hydrogen) atoms. The van der Waals surface area contributed by atoms with Crippen LogP contribution < -0.4 is 5.73 Å². The number of hydrogen-bond acceptors (Lipinski definition) is 4. The van der Waals surface area contributed by atoms with Crippen LogP contribution in [-0.2, 0) is 0 Å². The van der Waals surface area contributed by atoms with Crippen LogP contribution in [0.4, 0.5) is 0 Å². The summed E-state index contributed by atoms with van der Waals surface area (Å²) < 4.78 is 4.09. The molecule has 0 amide bonds. The highest BCUT2D eigenvalue weighted by molar-refractivity contribution is 7.05. The van der Waals surface area contributed by atoms with E-state index >= 15 is 0 Å². The molecular weight excluding hydrogens is 242 g/mol. The zero-order valence-electron chi connectivity index (χ0n) is 11.4. The van der Waals surface area contributed by atoms with Gasteiger partial charge in [0.1, 0.15) is 0 Å². The van der Waals surface area contributed by atoms with E-state index < -0.39 is 0 Å². The summed E-state index contributed by atoms with van der Waals surface area (Å²) >= 11 is 1.46. The fourth-order valence-corrected chi connectivity index (χ4v) is 3.34. The standard InChI is InChI=1S/C14H23N3S/c1-10(2)13-14(18-17-16-13)12(15)11-8-6-4-3-5-7-9-11/h8,10,12H,3-7,9,15H2,1-2H3. The summed E-state index contributed by atoms with van der Waals surface area (Å²) in [6.07, 6.45) is 9.92. The molecule has 0 saturated carbocycles. The van der Waals surface area contributed by atoms with Crippen LogP contribution in [0.2, 0.25) is 0 Å². The Bertz CT molecular complexity index is 409. The number of aromatic nitrogens is 2. The highest BCUT2D eigenvalue weighted by Gasteiger charge is 2.21. The molecule has 2 rings (SSSR count). The summed E-state index contributed by atoms with van der Waals surface area (Å²) in [6.45, 7) is 4.30. The summed E-state index contributed by atoms with van der Waals surface area (Å²) in [4.78, 5) is 1.16. The van der Waals surface area contributed by atoms with Crippen molar-refractivity contribution < 1.29 is 0 Å². The summed E-state index contributed by atoms with van der Waals surface area (Å²) in [5.41, 5.74) is 8.91. The first-order chi connectivity index (χ1) is 8.70. The quantitative estimate of drug-likeness (QED) is 0.842. The second-order valence-corrected chi connectivity index (χ2v) is 6.17. The van der Waals surface area contributed by atoms with Gasteiger partial charge in [0.05, 0.1) is 16.6 Å². The summed E-state index contributed by atoms with van der Waals surface area (Å²) in [5, 5.41) is 4.23. The molecule has 0 aliphatic heterocycles. The number of nitrogens with two attached hydrogens (primary N) is 1. The fourth-order valence-electron chi connectivity index (χ4n) is 2.49. The summed E-state index contributed by atoms with van der Waals surface area (Å²) in [5.74, 6) is 0.402. The molecule has 2 N–H and O–H groups in total. The van der Waals surface area contributed by atoms with Gasteiger partial charge in [0, 0.05) is 0 Å². The molecule has 4 heteroatoms. The van der Waals surface area contributed by atoms with Crippen molar-refractivity contribution in [2.24, 2.45) is 5.73 Å². The molecular formula is C14H23N3S. The van der Waals surface area contributed by atoms with Crippen LogP contribution >= 0.6 is 11.5 Å². The molecule has 100 valence electrons. The first-order valence-corrected chi connectivity index (χ1v) is 7.74. The number of hydrogen-bond donors (Lipinski definition) is 1. The van der Waals surface area contributed by atoms with Crippen molar-refractivity contribution in [3.05, 3.63) is 22.2 Å². The van der Waals surface area contributed by atoms with Crippen LogP contribution in [-0.4, -0.2) is 9.59 Å². The smallest absolute Gasteiger partial charge is 0.0832 e. The molecule has 1 heterocycles. The van der Waals surface area contributed by atoms with E-state index in [1.54, 1.807) is 0 Å². The van der Waals surface area contributed by atoms with Gasteiger partial charge in [-0.2, -0.15) is 0 Å². The van der Waals surface area contributed by atoms with Gasteiger partial charge in [-0.25, -0.2) is 0 Å². The van der Waals surface area contributed by atoms with Crippen molar-refractivity contribution in [2.45, 2.75) is 64.3 Å². The average Bonchev–Trinajstić information content (AvgIpc) is 2.76. The summed E-state index contributed by atoms with van der Waals surface area (Å²) in [7, 11) is 0. The Morgan fingerprint density at radius 1 is 1.22 bits per heavy atom. The SMILES string of the molecule is CC(C)c1nnsc1C(N)C1=CCCCCCC1. The maximum Gasteiger partial charge on any atom is 0.0832 e. The Balaban J connectivity index is 2.18. The molecule has 1 aromatic rings. The van der Waals surface area contributed by atoms with E-state index in [9.17, 15) is 0 Å². The van der Waals surface area contributed by atoms with E-state index in [2.05, 4.69) is 29.5 Å². The van der Waals surface area contributed by atoms with Gasteiger partial charge in [0.2, 0.25) is 0 Å². The van der Waals surface area contributed by atoms with E-state index in [0.29, 0.717) is 5.92 Å². The lowest BCUT2D eigenvalue weighted by Gasteiger charge is -2.18. The molecule has 0 spiro atoms. The van der Waals surface area contributed by atoms with Gasteiger partial charge >= 0.3 is 0 Å². The van der Waals surface area contributed by atoms with Crippen LogP contribution in [0.25, 0.3) is 0 Å². The zero-order chi connectivity index (χ0) is 13.0. The van der Waals surface area contributed by atoms with Crippen LogP contribution in [0, 0.1) is 0 Å². The van der Waals surface area contributed by atoms with Crippen LogP contribution in [0.5, 0.6) is 0 Å². The van der Waals surface area contributed by atoms with Gasteiger partial charge in [-0.05, 0) is 43.1 Å². The topological polar surface area (TPSA) is 51.8 Å². The molecule has 1 aromatic heterocycles. The van der Waals surface area contributed by atoms with Crippen LogP contribution in [0.15, 0.2) is 11.6 Å². The second kappa shape index (κ2) is 6.43. The van der Waals surface area contributed by atoms with Gasteiger partial charge in [-0.3, -0.25) is 0 Å². The van der Waals surface area contributed by atoms with E-state index in [1.165, 1.54) is 49.2 Å². The number of allylic oxidation sites excluding steroid dienone is 1. The molecule has 1 aliphatic carbocycles. The van der Waals surface area contributed by atoms with Crippen LogP contribution in [0.3, 0.4) is 0 Å². The first kappa shape index (κ1) is 13.7. The molecule has 0 fully saturated rings. The normalized spacial score (nSPS) is 19.2. The maximum atomic E-state index is 6.44. The Kier molecular flexibility index (Phi) is 4.89. The van der Waals surface area contributed by atoms with E-state index in [4.69, 9.17) is 5.73 Å². The minimum absolute atomic E-state index is 0.0144. The van der Waals surface area contributed by atoms with Gasteiger partial charge in [0.25, 0.3) is 0 Å². The predicted molar refractivity (Wildman–Crippen MR) is 76.7 cm³/mol. The van der Waals surface area contributed by atoms with Gasteiger partial charge in [-0.15, -0.1) is 5.10 Å². The molecule has 1 atom stereocenters. The van der Waals surface area contributed by atoms with Crippen LogP contribution in [0.1, 0.15) is 74.9 Å². The minimum atomic E-state index is 0.0144. The lowest BCUT2D eigenvalue weighted by Crippen LogP contribution is -2.15. The predicted octanol–water partition coefficient (Wildman–Crippen LogP) is 3.94. The molecule has 0 radical (unpaired) electrons. The Morgan fingerprint density at radius 3 is 2.78 bits per heavy atom. The fraction of sp³-hybridized carbons (Fsp3) is 0.714. The third kappa shape index (κ3) is 3.18. The minimum Gasteiger partial charge on any atom is -0.320 e. The highest BCUT2D eigenvalue weighted by atomic mass is 32.1. The Hall–Kier alpha value is -0.740. The summed E-state index contributed by atoms with van der Waals surface area (Å²) in [6, 6.07) is 0.0144. The lowest BCUT2D eigenvalue weighted by atomic mass is 9.93. The first-order valence-electron chi connectivity index (χ1n) is 6.96. The largest absolute Gasteiger partial charge is 0.320 e. The third-order valence-electron chi connectivity index (χ3n) is 3.60. The lowest BCUT2D eigenvalue weighted by molar-refractivity contribution is 0.602. The van der Waals surface area contributed by atoms with Gasteiger partial charge in [-0.1, -0.05) is 42.8 Å². The number of nitrogens with zero attached hydrogens (tertiary/aromatic N) is 2. The van der Waals surface area contributed by atoms with Gasteiger partial charge < -0.3 is 5.73 Å². The van der Waals surface area contributed by atoms with E-state index in [-0.39, 0.29) is 6.04 Å². The molecule has 1 unspecified atom stereocenters.